The quantitative estimate of drug-likeness (QED) is 0.519. The number of alkyl halides is 2. The Bertz CT molecular complexity index is 81.0. The van der Waals surface area contributed by atoms with Gasteiger partial charge in [0.05, 0.1) is 13.3 Å². The molecule has 47 valence electrons. The van der Waals surface area contributed by atoms with Crippen molar-refractivity contribution in [1.82, 2.24) is 0 Å². The van der Waals surface area contributed by atoms with E-state index >= 15 is 0 Å². The van der Waals surface area contributed by atoms with Crippen LogP contribution in [-0.2, 0) is 0 Å². The molecular weight excluding hydrogens is 110 g/mol. The van der Waals surface area contributed by atoms with Crippen LogP contribution in [0.4, 0.5) is 8.78 Å². The van der Waals surface area contributed by atoms with Gasteiger partial charge in [0.1, 0.15) is 0 Å². The van der Waals surface area contributed by atoms with Crippen molar-refractivity contribution in [3.8, 4) is 0 Å². The minimum absolute atomic E-state index is 0.0255. The smallest absolute Gasteiger partial charge is 0.0978 e. The third kappa shape index (κ3) is 0.627. The summed E-state index contributed by atoms with van der Waals surface area (Å²) in [6.07, 6.45) is 0.625. The van der Waals surface area contributed by atoms with Crippen LogP contribution in [0.5, 0.6) is 0 Å². The van der Waals surface area contributed by atoms with Gasteiger partial charge < -0.3 is 0 Å². The van der Waals surface area contributed by atoms with Crippen LogP contribution < -0.4 is 0 Å². The highest BCUT2D eigenvalue weighted by atomic mass is 19.1. The van der Waals surface area contributed by atoms with Crippen molar-refractivity contribution in [3.05, 3.63) is 6.92 Å². The molecule has 8 heavy (non-hydrogen) atoms. The van der Waals surface area contributed by atoms with Crippen molar-refractivity contribution in [1.29, 1.82) is 0 Å². The SMILES string of the molecule is [CH2]C1CC1(CF)CF. The van der Waals surface area contributed by atoms with E-state index in [1.54, 1.807) is 0 Å². The van der Waals surface area contributed by atoms with E-state index in [2.05, 4.69) is 6.92 Å². The first-order valence-electron chi connectivity index (χ1n) is 2.70. The van der Waals surface area contributed by atoms with Crippen LogP contribution in [0.2, 0.25) is 0 Å². The van der Waals surface area contributed by atoms with Crippen LogP contribution in [0.15, 0.2) is 0 Å². The Kier molecular flexibility index (Phi) is 1.25. The van der Waals surface area contributed by atoms with Gasteiger partial charge in [0.2, 0.25) is 0 Å². The molecule has 1 unspecified atom stereocenters. The summed E-state index contributed by atoms with van der Waals surface area (Å²) in [6.45, 7) is 2.48. The largest absolute Gasteiger partial charge is 0.250 e. The van der Waals surface area contributed by atoms with Crippen molar-refractivity contribution >= 4 is 0 Å². The van der Waals surface area contributed by atoms with Gasteiger partial charge in [-0.1, -0.05) is 0 Å². The number of rotatable bonds is 2. The lowest BCUT2D eigenvalue weighted by atomic mass is 10.1. The maximum atomic E-state index is 11.8. The van der Waals surface area contributed by atoms with E-state index in [1.807, 2.05) is 0 Å². The van der Waals surface area contributed by atoms with Crippen molar-refractivity contribution in [2.24, 2.45) is 11.3 Å². The maximum Gasteiger partial charge on any atom is 0.0978 e. The predicted octanol–water partition coefficient (Wildman–Crippen LogP) is 1.77. The fraction of sp³-hybridized carbons (Fsp3) is 0.833. The Morgan fingerprint density at radius 2 is 1.88 bits per heavy atom. The molecule has 0 bridgehead atoms. The molecule has 1 aliphatic rings. The number of hydrogen-bond acceptors (Lipinski definition) is 0. The van der Waals surface area contributed by atoms with Crippen molar-refractivity contribution in [2.75, 3.05) is 13.3 Å². The molecule has 1 saturated carbocycles. The lowest BCUT2D eigenvalue weighted by Gasteiger charge is -2.02. The van der Waals surface area contributed by atoms with Gasteiger partial charge in [-0.15, -0.1) is 0 Å². The monoisotopic (exact) mass is 119 g/mol. The molecule has 0 spiro atoms. The average molecular weight is 119 g/mol. The fourth-order valence-corrected chi connectivity index (χ4v) is 0.795. The second-order valence-corrected chi connectivity index (χ2v) is 2.53. The highest BCUT2D eigenvalue weighted by molar-refractivity contribution is 5.02. The molecule has 0 aromatic heterocycles. The van der Waals surface area contributed by atoms with E-state index in [1.165, 1.54) is 0 Å². The first-order valence-corrected chi connectivity index (χ1v) is 2.70. The Morgan fingerprint density at radius 1 is 1.50 bits per heavy atom. The van der Waals surface area contributed by atoms with Crippen molar-refractivity contribution in [3.63, 3.8) is 0 Å². The second kappa shape index (κ2) is 1.67. The standard InChI is InChI=1S/C6H9F2/c1-5-2-6(5,3-7)4-8/h5H,1-4H2. The molecule has 1 radical (unpaired) electrons. The molecule has 0 aromatic carbocycles. The van der Waals surface area contributed by atoms with E-state index < -0.39 is 18.8 Å². The second-order valence-electron chi connectivity index (χ2n) is 2.53. The van der Waals surface area contributed by atoms with E-state index in [0.29, 0.717) is 6.42 Å². The molecule has 0 aliphatic heterocycles. The topological polar surface area (TPSA) is 0 Å². The highest BCUT2D eigenvalue weighted by Gasteiger charge is 2.51. The molecule has 1 atom stereocenters. The summed E-state index contributed by atoms with van der Waals surface area (Å²) in [6, 6.07) is 0. The molecule has 0 nitrogen and oxygen atoms in total. The zero-order valence-corrected chi connectivity index (χ0v) is 4.66. The van der Waals surface area contributed by atoms with Gasteiger partial charge in [-0.3, -0.25) is 8.78 Å². The van der Waals surface area contributed by atoms with E-state index in [0.717, 1.165) is 0 Å². The number of halogens is 2. The van der Waals surface area contributed by atoms with Crippen LogP contribution in [0, 0.1) is 18.3 Å². The minimum atomic E-state index is -0.653. The molecule has 0 aromatic rings. The van der Waals surface area contributed by atoms with Gasteiger partial charge >= 0.3 is 0 Å². The van der Waals surface area contributed by atoms with Gasteiger partial charge in [-0.25, -0.2) is 0 Å². The van der Waals surface area contributed by atoms with E-state index in [9.17, 15) is 8.78 Å². The summed E-state index contributed by atoms with van der Waals surface area (Å²) in [5.41, 5.74) is -0.653. The first-order chi connectivity index (χ1) is 3.75. The van der Waals surface area contributed by atoms with Gasteiger partial charge in [-0.2, -0.15) is 0 Å². The molecule has 0 amide bonds. The highest BCUT2D eigenvalue weighted by Crippen LogP contribution is 2.52. The molecule has 2 heteroatoms. The summed E-state index contributed by atoms with van der Waals surface area (Å²) in [5, 5.41) is 0. The summed E-state index contributed by atoms with van der Waals surface area (Å²) >= 11 is 0. The van der Waals surface area contributed by atoms with Crippen LogP contribution in [-0.4, -0.2) is 13.3 Å². The fourth-order valence-electron chi connectivity index (χ4n) is 0.795. The van der Waals surface area contributed by atoms with E-state index in [-0.39, 0.29) is 5.92 Å². The Morgan fingerprint density at radius 3 is 1.88 bits per heavy atom. The third-order valence-electron chi connectivity index (χ3n) is 1.89. The van der Waals surface area contributed by atoms with E-state index in [4.69, 9.17) is 0 Å². The van der Waals surface area contributed by atoms with Gasteiger partial charge in [0.15, 0.2) is 0 Å². The summed E-state index contributed by atoms with van der Waals surface area (Å²) in [4.78, 5) is 0. The van der Waals surface area contributed by atoms with Crippen LogP contribution in [0.3, 0.4) is 0 Å². The van der Waals surface area contributed by atoms with Crippen LogP contribution in [0.25, 0.3) is 0 Å². The lowest BCUT2D eigenvalue weighted by Crippen LogP contribution is -2.07. The molecule has 0 heterocycles. The molecule has 1 fully saturated rings. The van der Waals surface area contributed by atoms with Crippen molar-refractivity contribution < 1.29 is 8.78 Å². The van der Waals surface area contributed by atoms with Gasteiger partial charge in [-0.05, 0) is 19.3 Å². The molecule has 0 N–H and O–H groups in total. The van der Waals surface area contributed by atoms with Gasteiger partial charge in [0.25, 0.3) is 0 Å². The predicted molar refractivity (Wildman–Crippen MR) is 27.8 cm³/mol. The Balaban J connectivity index is 2.39. The molecule has 1 rings (SSSR count). The minimum Gasteiger partial charge on any atom is -0.250 e. The van der Waals surface area contributed by atoms with Gasteiger partial charge in [0, 0.05) is 5.41 Å². The molecular formula is C6H9F2. The first kappa shape index (κ1) is 5.99. The third-order valence-corrected chi connectivity index (χ3v) is 1.89. The maximum absolute atomic E-state index is 11.8. The summed E-state index contributed by atoms with van der Waals surface area (Å²) in [7, 11) is 0. The zero-order chi connectivity index (χ0) is 6.20. The Hall–Kier alpha value is -0.140. The summed E-state index contributed by atoms with van der Waals surface area (Å²) in [5.74, 6) is 0.0255. The molecule has 1 aliphatic carbocycles. The van der Waals surface area contributed by atoms with Crippen molar-refractivity contribution in [2.45, 2.75) is 6.42 Å². The number of hydrogen-bond donors (Lipinski definition) is 0. The van der Waals surface area contributed by atoms with Crippen LogP contribution >= 0.6 is 0 Å². The Labute approximate surface area is 47.9 Å². The lowest BCUT2D eigenvalue weighted by molar-refractivity contribution is 0.257. The normalized spacial score (nSPS) is 32.6. The zero-order valence-electron chi connectivity index (χ0n) is 4.66. The summed E-state index contributed by atoms with van der Waals surface area (Å²) < 4.78 is 23.6. The molecule has 0 saturated heterocycles. The van der Waals surface area contributed by atoms with Crippen LogP contribution in [0.1, 0.15) is 6.42 Å². The average Bonchev–Trinajstić information content (AvgIpc) is 2.43.